The summed E-state index contributed by atoms with van der Waals surface area (Å²) in [5.74, 6) is -11.4. The summed E-state index contributed by atoms with van der Waals surface area (Å²) in [7, 11) is 0. The molecule has 2 aromatic carbocycles. The van der Waals surface area contributed by atoms with Crippen molar-refractivity contribution in [2.45, 2.75) is 57.2 Å². The molecule has 14 heteroatoms. The normalized spacial score (nSPS) is 21.2. The van der Waals surface area contributed by atoms with Gasteiger partial charge in [-0.25, -0.2) is 17.6 Å². The molecule has 2 saturated heterocycles. The Kier molecular flexibility index (Phi) is 8.57. The Morgan fingerprint density at radius 2 is 1.75 bits per heavy atom. The van der Waals surface area contributed by atoms with Gasteiger partial charge >= 0.3 is 5.97 Å². The average molecular weight is 567 g/mol. The molecule has 0 radical (unpaired) electrons. The molecule has 2 aromatic rings. The Balaban J connectivity index is 1.39. The maximum atomic E-state index is 14.2. The first-order valence-corrected chi connectivity index (χ1v) is 12.4. The number of hydrogen-bond donors (Lipinski definition) is 3. The molecular weight excluding hydrogens is 540 g/mol. The van der Waals surface area contributed by atoms with Gasteiger partial charge in [0, 0.05) is 6.54 Å². The van der Waals surface area contributed by atoms with E-state index in [1.807, 2.05) is 35.6 Å². The van der Waals surface area contributed by atoms with Crippen LogP contribution in [-0.4, -0.2) is 59.6 Å². The topological polar surface area (TPSA) is 140 Å². The summed E-state index contributed by atoms with van der Waals surface area (Å²) < 4.78 is 66.7. The molecule has 214 valence electrons. The minimum atomic E-state index is -2.01. The first-order valence-electron chi connectivity index (χ1n) is 12.4. The molecule has 0 bridgehead atoms. The van der Waals surface area contributed by atoms with Crippen LogP contribution in [0.4, 0.5) is 23.2 Å². The van der Waals surface area contributed by atoms with Crippen molar-refractivity contribution in [3.63, 3.8) is 0 Å². The highest BCUT2D eigenvalue weighted by molar-refractivity contribution is 5.99. The summed E-state index contributed by atoms with van der Waals surface area (Å²) in [6, 6.07) is 5.85. The molecule has 40 heavy (non-hydrogen) atoms. The number of ether oxygens (including phenoxy) is 2. The molecule has 0 aromatic heterocycles. The number of benzene rings is 2. The van der Waals surface area contributed by atoms with Crippen LogP contribution in [0.2, 0.25) is 0 Å². The largest absolute Gasteiger partial charge is 0.433 e. The fourth-order valence-corrected chi connectivity index (χ4v) is 4.57. The lowest BCUT2D eigenvalue weighted by atomic mass is 10.1. The first-order chi connectivity index (χ1) is 19.0. The summed E-state index contributed by atoms with van der Waals surface area (Å²) >= 11 is 0. The number of esters is 1. The van der Waals surface area contributed by atoms with Gasteiger partial charge < -0.3 is 30.7 Å². The van der Waals surface area contributed by atoms with Gasteiger partial charge in [-0.05, 0) is 25.3 Å². The number of halogens is 4. The highest BCUT2D eigenvalue weighted by Crippen LogP contribution is 2.26. The second kappa shape index (κ2) is 11.9. The summed E-state index contributed by atoms with van der Waals surface area (Å²) in [5, 5.41) is 4.68. The molecule has 0 spiro atoms. The van der Waals surface area contributed by atoms with Gasteiger partial charge in [-0.15, -0.1) is 0 Å². The Bertz CT molecular complexity index is 1300. The van der Waals surface area contributed by atoms with Gasteiger partial charge in [0.1, 0.15) is 29.4 Å². The fourth-order valence-electron chi connectivity index (χ4n) is 4.57. The van der Waals surface area contributed by atoms with E-state index < -0.39 is 82.6 Å². The third-order valence-electron chi connectivity index (χ3n) is 6.63. The van der Waals surface area contributed by atoms with Crippen molar-refractivity contribution in [1.82, 2.24) is 15.5 Å². The Morgan fingerprint density at radius 1 is 1.10 bits per heavy atom. The van der Waals surface area contributed by atoms with Crippen LogP contribution < -0.4 is 16.4 Å². The minimum Gasteiger partial charge on any atom is -0.433 e. The first kappa shape index (κ1) is 28.8. The molecule has 3 amide bonds. The van der Waals surface area contributed by atoms with Crippen LogP contribution in [0.1, 0.15) is 42.1 Å². The number of nitrogen functional groups attached to an aromatic ring is 1. The number of hydrogen-bond acceptors (Lipinski definition) is 7. The third kappa shape index (κ3) is 5.86. The number of nitrogens with two attached hydrogens (primary N) is 1. The van der Waals surface area contributed by atoms with E-state index in [-0.39, 0.29) is 26.0 Å². The molecule has 4 atom stereocenters. The zero-order chi connectivity index (χ0) is 29.1. The van der Waals surface area contributed by atoms with Crippen LogP contribution in [0.25, 0.3) is 0 Å². The smallest absolute Gasteiger partial charge is 0.310 e. The van der Waals surface area contributed by atoms with E-state index in [1.54, 1.807) is 0 Å². The van der Waals surface area contributed by atoms with Gasteiger partial charge in [0.05, 0.1) is 13.0 Å². The van der Waals surface area contributed by atoms with Crippen LogP contribution in [0.3, 0.4) is 0 Å². The number of amides is 3. The number of carbonyl (C=O) groups is 4. The van der Waals surface area contributed by atoms with Gasteiger partial charge in [0.2, 0.25) is 18.1 Å². The van der Waals surface area contributed by atoms with E-state index in [9.17, 15) is 36.7 Å². The number of anilines is 1. The van der Waals surface area contributed by atoms with E-state index in [0.717, 1.165) is 10.5 Å². The predicted molar refractivity (Wildman–Crippen MR) is 130 cm³/mol. The van der Waals surface area contributed by atoms with Crippen molar-refractivity contribution < 1.29 is 46.2 Å². The standard InChI is InChI=1S/C26H26F4N4O6/c1-12(32-24(37)17-18(27)20(29)22(31)21(30)19(17)28)25(38)34-9-5-8-15(34)23(36)33-14-10-16(35)40-26(14)39-11-13-6-3-2-4-7-13/h2-4,6-7,12,14-15,26H,5,8-11,31H2,1H3,(H,32,37)(H,33,36). The lowest BCUT2D eigenvalue weighted by Crippen LogP contribution is -2.54. The van der Waals surface area contributed by atoms with Gasteiger partial charge in [-0.2, -0.15) is 0 Å². The molecule has 2 fully saturated rings. The van der Waals surface area contributed by atoms with Crippen molar-refractivity contribution in [2.75, 3.05) is 12.3 Å². The predicted octanol–water partition coefficient (Wildman–Crippen LogP) is 1.91. The molecule has 4 N–H and O–H groups in total. The van der Waals surface area contributed by atoms with Crippen LogP contribution >= 0.6 is 0 Å². The van der Waals surface area contributed by atoms with E-state index in [2.05, 4.69) is 5.32 Å². The SMILES string of the molecule is CC(NC(=O)c1c(F)c(F)c(N)c(F)c1F)C(=O)N1CCCC1C(=O)NC1CC(=O)OC1OCc1ccccc1. The molecular formula is C26H26F4N4O6. The quantitative estimate of drug-likeness (QED) is 0.192. The number of nitrogens with one attached hydrogen (secondary N) is 2. The van der Waals surface area contributed by atoms with E-state index in [1.165, 1.54) is 6.92 Å². The zero-order valence-corrected chi connectivity index (χ0v) is 21.2. The molecule has 2 aliphatic heterocycles. The second-order valence-corrected chi connectivity index (χ2v) is 9.40. The van der Waals surface area contributed by atoms with E-state index >= 15 is 0 Å². The van der Waals surface area contributed by atoms with Gasteiger partial charge in [0.15, 0.2) is 23.3 Å². The van der Waals surface area contributed by atoms with Crippen molar-refractivity contribution in [3.05, 3.63) is 64.7 Å². The molecule has 4 unspecified atom stereocenters. The highest BCUT2D eigenvalue weighted by atomic mass is 19.2. The van der Waals surface area contributed by atoms with Crippen molar-refractivity contribution in [3.8, 4) is 0 Å². The fraction of sp³-hybridized carbons (Fsp3) is 0.385. The maximum Gasteiger partial charge on any atom is 0.310 e. The lowest BCUT2D eigenvalue weighted by Gasteiger charge is -2.28. The minimum absolute atomic E-state index is 0.124. The van der Waals surface area contributed by atoms with E-state index in [0.29, 0.717) is 6.42 Å². The number of carbonyl (C=O) groups excluding carboxylic acids is 4. The Labute approximate surface area is 225 Å². The van der Waals surface area contributed by atoms with Gasteiger partial charge in [0.25, 0.3) is 5.91 Å². The third-order valence-corrected chi connectivity index (χ3v) is 6.63. The molecule has 0 aliphatic carbocycles. The van der Waals surface area contributed by atoms with Crippen LogP contribution in [-0.2, 0) is 30.5 Å². The van der Waals surface area contributed by atoms with Crippen LogP contribution in [0.5, 0.6) is 0 Å². The van der Waals surface area contributed by atoms with E-state index in [4.69, 9.17) is 15.2 Å². The molecule has 0 saturated carbocycles. The molecule has 2 aliphatic rings. The zero-order valence-electron chi connectivity index (χ0n) is 21.2. The molecule has 2 heterocycles. The van der Waals surface area contributed by atoms with Gasteiger partial charge in [-0.1, -0.05) is 30.3 Å². The summed E-state index contributed by atoms with van der Waals surface area (Å²) in [5.41, 5.74) is 2.77. The highest BCUT2D eigenvalue weighted by Gasteiger charge is 2.42. The number of nitrogens with zero attached hydrogens (tertiary/aromatic N) is 1. The van der Waals surface area contributed by atoms with Crippen molar-refractivity contribution in [1.29, 1.82) is 0 Å². The lowest BCUT2D eigenvalue weighted by molar-refractivity contribution is -0.168. The Morgan fingerprint density at radius 3 is 2.40 bits per heavy atom. The summed E-state index contributed by atoms with van der Waals surface area (Å²) in [6.45, 7) is 1.43. The summed E-state index contributed by atoms with van der Waals surface area (Å²) in [4.78, 5) is 51.7. The van der Waals surface area contributed by atoms with Crippen LogP contribution in [0.15, 0.2) is 30.3 Å². The number of rotatable bonds is 8. The summed E-state index contributed by atoms with van der Waals surface area (Å²) in [6.07, 6.45) is -0.515. The van der Waals surface area contributed by atoms with Crippen LogP contribution in [0, 0.1) is 23.3 Å². The monoisotopic (exact) mass is 566 g/mol. The Hall–Kier alpha value is -4.20. The van der Waals surface area contributed by atoms with Crippen molar-refractivity contribution in [2.24, 2.45) is 0 Å². The molecule has 10 nitrogen and oxygen atoms in total. The molecule has 4 rings (SSSR count). The van der Waals surface area contributed by atoms with Gasteiger partial charge in [-0.3, -0.25) is 19.2 Å². The van der Waals surface area contributed by atoms with Crippen molar-refractivity contribution >= 4 is 29.4 Å². The number of cyclic esters (lactones) is 1. The second-order valence-electron chi connectivity index (χ2n) is 9.40. The maximum absolute atomic E-state index is 14.2. The average Bonchev–Trinajstić information content (AvgIpc) is 3.56. The number of likely N-dealkylation sites (tertiary alicyclic amines) is 1.